The topological polar surface area (TPSA) is 159 Å². The van der Waals surface area contributed by atoms with Crippen molar-refractivity contribution in [2.24, 2.45) is 5.92 Å². The van der Waals surface area contributed by atoms with E-state index in [2.05, 4.69) is 27.4 Å². The fourth-order valence-corrected chi connectivity index (χ4v) is 11.6. The van der Waals surface area contributed by atoms with Crippen LogP contribution in [0.4, 0.5) is 21.9 Å². The van der Waals surface area contributed by atoms with E-state index in [0.29, 0.717) is 71.3 Å². The fraction of sp³-hybridized carbons (Fsp3) is 0.238. The summed E-state index contributed by atoms with van der Waals surface area (Å²) in [5.41, 5.74) is 3.77. The smallest absolute Gasteiger partial charge is 0.329 e. The Hall–Kier alpha value is -8.74. The van der Waals surface area contributed by atoms with Gasteiger partial charge in [0.25, 0.3) is 0 Å². The molecule has 0 bridgehead atoms. The highest BCUT2D eigenvalue weighted by molar-refractivity contribution is 6.25. The molecule has 0 saturated carbocycles. The minimum atomic E-state index is -2.07. The van der Waals surface area contributed by atoms with Gasteiger partial charge in [-0.15, -0.1) is 0 Å². The summed E-state index contributed by atoms with van der Waals surface area (Å²) >= 11 is 0. The molecule has 7 atom stereocenters. The number of morpholine rings is 2. The predicted molar refractivity (Wildman–Crippen MR) is 291 cm³/mol. The Kier molecular flexibility index (Phi) is 14.3. The molecule has 1 spiro atoms. The first-order valence-electron chi connectivity index (χ1n) is 25.8. The van der Waals surface area contributed by atoms with Crippen molar-refractivity contribution in [3.8, 4) is 23.3 Å². The molecule has 388 valence electrons. The molecule has 7 aromatic rings. The number of nitrogens with zero attached hydrogens (tertiary/aromatic N) is 3. The minimum Gasteiger partial charge on any atom is -0.497 e. The molecule has 77 heavy (non-hydrogen) atoms. The number of anilines is 3. The number of benzene rings is 7. The van der Waals surface area contributed by atoms with Gasteiger partial charge >= 0.3 is 12.0 Å². The van der Waals surface area contributed by atoms with Gasteiger partial charge in [0.1, 0.15) is 35.7 Å². The number of hydrogen-bond acceptors (Lipinski definition) is 11. The third kappa shape index (κ3) is 9.54. The SMILES string of the molecule is COc1ccc(C#Cc2ccc3c(c2)C2(C(=O)N3C(=O)N[C@H](C)c3ccccc3)[C@H](c3cccc(OCCO)c3)N3C(C(=O)O[C@@H](c4ccccc4)[C@H]3c3ccccc3)[C@@H]2C(=O)Nc2ccc(N3CCOCC3)cc2)cc1. The van der Waals surface area contributed by atoms with Crippen LogP contribution in [0.15, 0.2) is 182 Å². The molecule has 2 unspecified atom stereocenters. The van der Waals surface area contributed by atoms with Crippen LogP contribution in [0.3, 0.4) is 0 Å². The average Bonchev–Trinajstić information content (AvgIpc) is 4.12. The lowest BCUT2D eigenvalue weighted by Gasteiger charge is -2.46. The summed E-state index contributed by atoms with van der Waals surface area (Å²) in [6, 6.07) is 50.9. The zero-order chi connectivity index (χ0) is 53.0. The van der Waals surface area contributed by atoms with E-state index in [-0.39, 0.29) is 18.9 Å². The maximum atomic E-state index is 16.9. The van der Waals surface area contributed by atoms with Crippen molar-refractivity contribution in [1.29, 1.82) is 0 Å². The third-order valence-corrected chi connectivity index (χ3v) is 15.1. The quantitative estimate of drug-likeness (QED) is 0.0792. The molecule has 0 aromatic heterocycles. The Bertz CT molecular complexity index is 3350. The zero-order valence-corrected chi connectivity index (χ0v) is 42.6. The summed E-state index contributed by atoms with van der Waals surface area (Å²) in [6.45, 7) is 4.14. The van der Waals surface area contributed by atoms with Crippen LogP contribution >= 0.6 is 0 Å². The third-order valence-electron chi connectivity index (χ3n) is 15.1. The van der Waals surface area contributed by atoms with E-state index in [1.807, 2.05) is 145 Å². The number of fused-ring (bicyclic) bond motifs is 3. The predicted octanol–water partition coefficient (Wildman–Crippen LogP) is 9.08. The molecule has 4 aliphatic rings. The number of amides is 4. The molecule has 14 nitrogen and oxygen atoms in total. The monoisotopic (exact) mass is 1030 g/mol. The number of rotatable bonds is 12. The first kappa shape index (κ1) is 50.4. The van der Waals surface area contributed by atoms with Crippen molar-refractivity contribution in [2.75, 3.05) is 61.7 Å². The van der Waals surface area contributed by atoms with E-state index in [0.717, 1.165) is 21.7 Å². The molecule has 4 heterocycles. The van der Waals surface area contributed by atoms with Gasteiger partial charge in [0, 0.05) is 35.6 Å². The van der Waals surface area contributed by atoms with Crippen molar-refractivity contribution < 1.29 is 43.2 Å². The Morgan fingerprint density at radius 1 is 0.727 bits per heavy atom. The van der Waals surface area contributed by atoms with Crippen LogP contribution in [0.2, 0.25) is 0 Å². The van der Waals surface area contributed by atoms with E-state index < -0.39 is 65.4 Å². The molecule has 7 aromatic carbocycles. The zero-order valence-electron chi connectivity index (χ0n) is 42.6. The van der Waals surface area contributed by atoms with Gasteiger partial charge in [-0.25, -0.2) is 9.69 Å². The molecule has 3 N–H and O–H groups in total. The number of carbonyl (C=O) groups excluding carboxylic acids is 4. The molecular formula is C63H57N5O9. The lowest BCUT2D eigenvalue weighted by Crippen LogP contribution is -2.55. The standard InChI is InChI=1S/C63H57N5O9/c1-41(44-13-6-3-7-14-44)64-62(73)67-53-32-25-43(22-21-42-23-30-50(74-2)31-24-42)39-52(53)63(61(67)72)54(59(70)65-48-26-28-49(29-27-48)66-33-36-75-37-34-66)56-60(71)77-57(46-17-10-5-11-18-46)55(45-15-8-4-9-16-45)68(56)58(63)47-19-12-20-51(40-47)76-38-35-69/h3-20,23-32,39-41,54-58,69H,33-38H2,1-2H3,(H,64,73)(H,65,70)/t41-,54-,55-,56?,57+,58+,63?/m1/s1. The van der Waals surface area contributed by atoms with Crippen LogP contribution < -0.4 is 29.9 Å². The number of aliphatic hydroxyl groups is 1. The minimum absolute atomic E-state index is 0.0262. The van der Waals surface area contributed by atoms with Gasteiger partial charge in [0.05, 0.1) is 56.7 Å². The Labute approximate surface area is 447 Å². The van der Waals surface area contributed by atoms with Crippen LogP contribution in [0, 0.1) is 17.8 Å². The van der Waals surface area contributed by atoms with Crippen molar-refractivity contribution in [1.82, 2.24) is 10.2 Å². The summed E-state index contributed by atoms with van der Waals surface area (Å²) in [5.74, 6) is 3.93. The molecular weight excluding hydrogens is 971 g/mol. The highest BCUT2D eigenvalue weighted by atomic mass is 16.6. The second-order valence-electron chi connectivity index (χ2n) is 19.5. The van der Waals surface area contributed by atoms with Gasteiger partial charge < -0.3 is 39.6 Å². The largest absolute Gasteiger partial charge is 0.497 e. The second kappa shape index (κ2) is 21.8. The lowest BCUT2D eigenvalue weighted by molar-refractivity contribution is -0.177. The van der Waals surface area contributed by atoms with E-state index in [9.17, 15) is 5.11 Å². The van der Waals surface area contributed by atoms with Crippen LogP contribution in [-0.2, 0) is 29.3 Å². The number of methoxy groups -OCH3 is 1. The maximum absolute atomic E-state index is 16.9. The van der Waals surface area contributed by atoms with Gasteiger partial charge in [0.2, 0.25) is 11.8 Å². The summed E-state index contributed by atoms with van der Waals surface area (Å²) in [5, 5.41) is 16.2. The fourth-order valence-electron chi connectivity index (χ4n) is 11.6. The average molecular weight is 1030 g/mol. The first-order chi connectivity index (χ1) is 37.7. The molecule has 4 aliphatic heterocycles. The first-order valence-corrected chi connectivity index (χ1v) is 25.8. The second-order valence-corrected chi connectivity index (χ2v) is 19.5. The molecule has 4 amide bonds. The van der Waals surface area contributed by atoms with Gasteiger partial charge in [-0.3, -0.25) is 19.3 Å². The highest BCUT2D eigenvalue weighted by Crippen LogP contribution is 2.66. The van der Waals surface area contributed by atoms with E-state index in [1.165, 1.54) is 0 Å². The van der Waals surface area contributed by atoms with Gasteiger partial charge in [-0.05, 0) is 114 Å². The van der Waals surface area contributed by atoms with Gasteiger partial charge in [-0.2, -0.15) is 0 Å². The molecule has 11 rings (SSSR count). The Morgan fingerprint density at radius 2 is 1.38 bits per heavy atom. The number of carbonyl (C=O) groups is 4. The Balaban J connectivity index is 1.17. The molecule has 3 fully saturated rings. The number of hydrogen-bond donors (Lipinski definition) is 3. The van der Waals surface area contributed by atoms with E-state index >= 15 is 19.2 Å². The van der Waals surface area contributed by atoms with Crippen LogP contribution in [0.1, 0.15) is 70.1 Å². The molecule has 0 radical (unpaired) electrons. The van der Waals surface area contributed by atoms with E-state index in [4.69, 9.17) is 18.9 Å². The number of esters is 1. The maximum Gasteiger partial charge on any atom is 0.329 e. The van der Waals surface area contributed by atoms with Crippen LogP contribution in [0.5, 0.6) is 11.5 Å². The summed E-state index contributed by atoms with van der Waals surface area (Å²) in [7, 11) is 1.59. The molecule has 0 aliphatic carbocycles. The lowest BCUT2D eigenvalue weighted by atomic mass is 9.65. The van der Waals surface area contributed by atoms with Crippen molar-refractivity contribution in [3.05, 3.63) is 221 Å². The molecule has 3 saturated heterocycles. The normalized spacial score (nSPS) is 22.0. The number of imide groups is 1. The van der Waals surface area contributed by atoms with Crippen molar-refractivity contribution >= 4 is 40.9 Å². The summed E-state index contributed by atoms with van der Waals surface area (Å²) < 4.78 is 23.8. The number of nitrogens with one attached hydrogen (secondary N) is 2. The number of ether oxygens (including phenoxy) is 4. The van der Waals surface area contributed by atoms with E-state index in [1.54, 1.807) is 55.6 Å². The van der Waals surface area contributed by atoms with Gasteiger partial charge in [0.15, 0.2) is 0 Å². The number of urea groups is 1. The van der Waals surface area contributed by atoms with Gasteiger partial charge in [-0.1, -0.05) is 115 Å². The Morgan fingerprint density at radius 3 is 2.06 bits per heavy atom. The van der Waals surface area contributed by atoms with Crippen molar-refractivity contribution in [3.63, 3.8) is 0 Å². The number of cyclic esters (lactones) is 1. The van der Waals surface area contributed by atoms with Crippen LogP contribution in [0.25, 0.3) is 0 Å². The summed E-state index contributed by atoms with van der Waals surface area (Å²) in [6.07, 6.45) is -0.936. The summed E-state index contributed by atoms with van der Waals surface area (Å²) in [4.78, 5) is 69.5. The molecule has 14 heteroatoms. The van der Waals surface area contributed by atoms with Crippen molar-refractivity contribution in [2.45, 2.75) is 42.6 Å². The van der Waals surface area contributed by atoms with Crippen LogP contribution in [-0.4, -0.2) is 86.5 Å². The highest BCUT2D eigenvalue weighted by Gasteiger charge is 2.75. The number of aliphatic hydroxyl groups excluding tert-OH is 1.